The van der Waals surface area contributed by atoms with Gasteiger partial charge in [0, 0.05) is 50.0 Å². The van der Waals surface area contributed by atoms with Crippen molar-refractivity contribution in [1.82, 2.24) is 10.2 Å². The molecule has 30 heavy (non-hydrogen) atoms. The van der Waals surface area contributed by atoms with Gasteiger partial charge in [-0.2, -0.15) is 0 Å². The molecule has 5 heteroatoms. The monoisotopic (exact) mass is 410 g/mol. The predicted octanol–water partition coefficient (Wildman–Crippen LogP) is 4.26. The van der Waals surface area contributed by atoms with Crippen molar-refractivity contribution in [3.05, 3.63) is 35.4 Å². The van der Waals surface area contributed by atoms with E-state index in [1.165, 1.54) is 30.4 Å². The highest BCUT2D eigenvalue weighted by molar-refractivity contribution is 5.80. The lowest BCUT2D eigenvalue weighted by atomic mass is 9.85. The third kappa shape index (κ3) is 3.90. The molecule has 0 aromatic heterocycles. The molecule has 5 rings (SSSR count). The molecule has 162 valence electrons. The zero-order valence-electron chi connectivity index (χ0n) is 18.1. The van der Waals surface area contributed by atoms with Crippen LogP contribution in [0.2, 0.25) is 0 Å². The van der Waals surface area contributed by atoms with Gasteiger partial charge >= 0.3 is 0 Å². The van der Waals surface area contributed by atoms with Gasteiger partial charge in [-0.15, -0.1) is 0 Å². The number of benzene rings is 1. The molecule has 5 nitrogen and oxygen atoms in total. The number of likely N-dealkylation sites (tertiary alicyclic amines) is 1. The Hall–Kier alpha value is -1.85. The largest absolute Gasteiger partial charge is 0.462 e. The number of hydrogen-bond donors (Lipinski definition) is 1. The molecule has 2 aliphatic carbocycles. The molecule has 1 saturated carbocycles. The van der Waals surface area contributed by atoms with Gasteiger partial charge in [-0.3, -0.25) is 9.69 Å². The highest BCUT2D eigenvalue weighted by Gasteiger charge is 2.42. The number of carbonyl (C=O) groups is 1. The van der Waals surface area contributed by atoms with E-state index in [4.69, 9.17) is 9.47 Å². The summed E-state index contributed by atoms with van der Waals surface area (Å²) < 4.78 is 12.7. The van der Waals surface area contributed by atoms with Gasteiger partial charge in [-0.25, -0.2) is 0 Å². The van der Waals surface area contributed by atoms with E-state index in [0.29, 0.717) is 13.2 Å². The van der Waals surface area contributed by atoms with Crippen LogP contribution in [-0.2, 0) is 16.1 Å². The molecule has 0 bridgehead atoms. The lowest BCUT2D eigenvalue weighted by Gasteiger charge is -2.47. The Bertz CT molecular complexity index is 822. The second kappa shape index (κ2) is 8.35. The van der Waals surface area contributed by atoms with Crippen LogP contribution < -0.4 is 10.1 Å². The smallest absolute Gasteiger partial charge is 0.223 e. The third-order valence-electron chi connectivity index (χ3n) is 7.50. The van der Waals surface area contributed by atoms with E-state index in [-0.39, 0.29) is 11.8 Å². The van der Waals surface area contributed by atoms with Crippen LogP contribution in [0.4, 0.5) is 0 Å². The molecule has 1 unspecified atom stereocenters. The number of carbonyl (C=O) groups excluding carboxylic acids is 1. The number of nitrogens with one attached hydrogen (secondary N) is 1. The van der Waals surface area contributed by atoms with Gasteiger partial charge in [0.2, 0.25) is 11.7 Å². The van der Waals surface area contributed by atoms with Crippen LogP contribution in [0.1, 0.15) is 69.4 Å². The third-order valence-corrected chi connectivity index (χ3v) is 7.50. The molecule has 1 aromatic carbocycles. The summed E-state index contributed by atoms with van der Waals surface area (Å²) in [7, 11) is 0. The van der Waals surface area contributed by atoms with Crippen molar-refractivity contribution in [1.29, 1.82) is 0 Å². The first kappa shape index (κ1) is 20.1. The van der Waals surface area contributed by atoms with Gasteiger partial charge in [0.05, 0.1) is 6.61 Å². The zero-order chi connectivity index (χ0) is 20.6. The minimum absolute atomic E-state index is 0.114. The van der Waals surface area contributed by atoms with Gasteiger partial charge < -0.3 is 14.8 Å². The summed E-state index contributed by atoms with van der Waals surface area (Å²) in [6, 6.07) is 7.34. The van der Waals surface area contributed by atoms with Crippen LogP contribution in [0.15, 0.2) is 24.3 Å². The van der Waals surface area contributed by atoms with Crippen LogP contribution in [-0.4, -0.2) is 42.3 Å². The number of hydrogen-bond acceptors (Lipinski definition) is 4. The first-order valence-electron chi connectivity index (χ1n) is 11.8. The fraction of sp³-hybridized carbons (Fsp3) is 0.640. The Morgan fingerprint density at radius 2 is 2.07 bits per heavy atom. The van der Waals surface area contributed by atoms with Gasteiger partial charge in [0.25, 0.3) is 0 Å². The molecule has 1 N–H and O–H groups in total. The molecule has 1 atom stereocenters. The van der Waals surface area contributed by atoms with E-state index in [1.54, 1.807) is 0 Å². The maximum atomic E-state index is 12.1. The molecule has 1 saturated heterocycles. The Morgan fingerprint density at radius 1 is 1.23 bits per heavy atom. The zero-order valence-corrected chi connectivity index (χ0v) is 18.1. The molecule has 1 amide bonds. The van der Waals surface area contributed by atoms with Gasteiger partial charge in [-0.1, -0.05) is 18.6 Å². The van der Waals surface area contributed by atoms with Crippen LogP contribution in [0.25, 0.3) is 5.57 Å². The summed E-state index contributed by atoms with van der Waals surface area (Å²) in [5, 5.41) is 2.95. The first-order chi connectivity index (χ1) is 14.7. The summed E-state index contributed by atoms with van der Waals surface area (Å²) in [6.45, 7) is 5.47. The fourth-order valence-electron chi connectivity index (χ4n) is 5.31. The highest BCUT2D eigenvalue weighted by atomic mass is 16.7. The number of rotatable bonds is 4. The van der Waals surface area contributed by atoms with Crippen molar-refractivity contribution in [2.75, 3.05) is 19.6 Å². The number of fused-ring (bicyclic) bond motifs is 1. The van der Waals surface area contributed by atoms with Crippen LogP contribution in [0.5, 0.6) is 5.75 Å². The minimum atomic E-state index is -0.432. The summed E-state index contributed by atoms with van der Waals surface area (Å²) in [5.41, 5.74) is 3.73. The number of piperidine rings is 1. The second-order valence-corrected chi connectivity index (χ2v) is 9.34. The van der Waals surface area contributed by atoms with E-state index < -0.39 is 5.79 Å². The topological polar surface area (TPSA) is 50.8 Å². The lowest BCUT2D eigenvalue weighted by molar-refractivity contribution is -0.231. The number of ether oxygens (including phenoxy) is 2. The number of amides is 1. The van der Waals surface area contributed by atoms with Crippen molar-refractivity contribution < 1.29 is 14.3 Å². The summed E-state index contributed by atoms with van der Waals surface area (Å²) in [5.74, 6) is 0.856. The van der Waals surface area contributed by atoms with Crippen molar-refractivity contribution in [3.63, 3.8) is 0 Å². The highest BCUT2D eigenvalue weighted by Crippen LogP contribution is 2.41. The van der Waals surface area contributed by atoms with Gasteiger partial charge in [0.15, 0.2) is 0 Å². The molecule has 2 heterocycles. The minimum Gasteiger partial charge on any atom is -0.462 e. The lowest BCUT2D eigenvalue weighted by Crippen LogP contribution is -2.54. The summed E-state index contributed by atoms with van der Waals surface area (Å²) in [4.78, 5) is 14.7. The average molecular weight is 411 g/mol. The van der Waals surface area contributed by atoms with Crippen molar-refractivity contribution in [2.24, 2.45) is 5.92 Å². The molecular weight excluding hydrogens is 376 g/mol. The Labute approximate surface area is 179 Å². The van der Waals surface area contributed by atoms with Crippen LogP contribution in [0.3, 0.4) is 0 Å². The normalized spacial score (nSPS) is 26.3. The quantitative estimate of drug-likeness (QED) is 0.806. The Balaban J connectivity index is 1.23. The van der Waals surface area contributed by atoms with E-state index in [1.807, 2.05) is 6.92 Å². The summed E-state index contributed by atoms with van der Waals surface area (Å²) >= 11 is 0. The maximum Gasteiger partial charge on any atom is 0.223 e. The molecular formula is C25H34N2O3. The van der Waals surface area contributed by atoms with Crippen LogP contribution >= 0.6 is 0 Å². The van der Waals surface area contributed by atoms with E-state index in [2.05, 4.69) is 34.5 Å². The predicted molar refractivity (Wildman–Crippen MR) is 117 cm³/mol. The molecule has 2 aliphatic heterocycles. The number of allylic oxidation sites excluding steroid dienone is 2. The average Bonchev–Trinajstić information content (AvgIpc) is 2.74. The fourth-order valence-corrected chi connectivity index (χ4v) is 5.31. The molecule has 1 aromatic rings. The Kier molecular flexibility index (Phi) is 5.59. The number of nitrogens with zero attached hydrogens (tertiary/aromatic N) is 1. The van der Waals surface area contributed by atoms with Crippen molar-refractivity contribution in [2.45, 2.75) is 76.7 Å². The van der Waals surface area contributed by atoms with Crippen LogP contribution in [0, 0.1) is 5.92 Å². The van der Waals surface area contributed by atoms with Crippen molar-refractivity contribution >= 4 is 11.5 Å². The SMILES string of the molecule is CCNC(=O)C1CC=C(c2ccc3c(c2)COC2(CCN(C4CCC4)CC2)O3)CC1. The van der Waals surface area contributed by atoms with E-state index in [0.717, 1.165) is 62.5 Å². The van der Waals surface area contributed by atoms with Crippen molar-refractivity contribution in [3.8, 4) is 5.75 Å². The van der Waals surface area contributed by atoms with Gasteiger partial charge in [-0.05, 0) is 62.3 Å². The maximum absolute atomic E-state index is 12.1. The Morgan fingerprint density at radius 3 is 2.73 bits per heavy atom. The standard InChI is InChI=1S/C25H34N2O3/c1-2-26-24(28)19-8-6-18(7-9-19)20-10-11-23-21(16-20)17-29-25(30-23)12-14-27(15-13-25)22-4-3-5-22/h6,10-11,16,19,22H,2-5,7-9,12-15,17H2,1H3,(H,26,28). The molecule has 4 aliphatic rings. The molecule has 0 radical (unpaired) electrons. The second-order valence-electron chi connectivity index (χ2n) is 9.34. The molecule has 1 spiro atoms. The molecule has 2 fully saturated rings. The van der Waals surface area contributed by atoms with E-state index >= 15 is 0 Å². The first-order valence-corrected chi connectivity index (χ1v) is 11.8. The van der Waals surface area contributed by atoms with Gasteiger partial charge in [0.1, 0.15) is 5.75 Å². The summed E-state index contributed by atoms with van der Waals surface area (Å²) in [6.07, 6.45) is 11.0. The van der Waals surface area contributed by atoms with E-state index in [9.17, 15) is 4.79 Å².